The standard InChI is InChI=1S/C19H19ClN6O/c1-12-6-2-4-8-14(12)19(27)26-25-18-16(21)17(23-11-24-18)22-10-13-7-3-5-9-15(13)20/h2-9,11H,10,21H2,1H3,(H,26,27)(H2,22,23,24,25). The number of benzene rings is 2. The van der Waals surface area contributed by atoms with Crippen LogP contribution >= 0.6 is 11.6 Å². The summed E-state index contributed by atoms with van der Waals surface area (Å²) in [6.45, 7) is 2.32. The number of nitrogen functional groups attached to an aromatic ring is 1. The maximum absolute atomic E-state index is 12.3. The van der Waals surface area contributed by atoms with E-state index >= 15 is 0 Å². The topological polar surface area (TPSA) is 105 Å². The zero-order valence-electron chi connectivity index (χ0n) is 14.7. The Labute approximate surface area is 162 Å². The minimum atomic E-state index is -0.281. The van der Waals surface area contributed by atoms with E-state index in [4.69, 9.17) is 17.3 Å². The molecule has 3 rings (SSSR count). The Morgan fingerprint density at radius 1 is 1.07 bits per heavy atom. The number of amides is 1. The van der Waals surface area contributed by atoms with Gasteiger partial charge >= 0.3 is 0 Å². The number of rotatable bonds is 6. The van der Waals surface area contributed by atoms with Gasteiger partial charge in [0.05, 0.1) is 0 Å². The van der Waals surface area contributed by atoms with E-state index in [2.05, 4.69) is 26.1 Å². The molecule has 0 aliphatic carbocycles. The second kappa shape index (κ2) is 8.37. The third-order valence-electron chi connectivity index (χ3n) is 3.97. The van der Waals surface area contributed by atoms with Crippen molar-refractivity contribution < 1.29 is 4.79 Å². The summed E-state index contributed by atoms with van der Waals surface area (Å²) in [5, 5.41) is 3.78. The molecule has 1 aromatic heterocycles. The van der Waals surface area contributed by atoms with Crippen molar-refractivity contribution in [2.45, 2.75) is 13.5 Å². The Kier molecular flexibility index (Phi) is 5.73. The summed E-state index contributed by atoms with van der Waals surface area (Å²) in [7, 11) is 0. The minimum absolute atomic E-state index is 0.281. The Morgan fingerprint density at radius 2 is 1.78 bits per heavy atom. The molecule has 1 amide bonds. The summed E-state index contributed by atoms with van der Waals surface area (Å²) in [6, 6.07) is 14.8. The van der Waals surface area contributed by atoms with Gasteiger partial charge in [-0.05, 0) is 30.2 Å². The number of halogens is 1. The number of carbonyl (C=O) groups excluding carboxylic acids is 1. The van der Waals surface area contributed by atoms with Crippen LogP contribution in [0, 0.1) is 6.92 Å². The number of hydrogen-bond acceptors (Lipinski definition) is 6. The van der Waals surface area contributed by atoms with Crippen molar-refractivity contribution in [2.75, 3.05) is 16.5 Å². The normalized spacial score (nSPS) is 10.3. The summed E-state index contributed by atoms with van der Waals surface area (Å²) >= 11 is 6.15. The van der Waals surface area contributed by atoms with E-state index in [0.717, 1.165) is 11.1 Å². The number of nitrogens with two attached hydrogens (primary N) is 1. The van der Waals surface area contributed by atoms with Crippen LogP contribution in [0.3, 0.4) is 0 Å². The number of aromatic nitrogens is 2. The average Bonchev–Trinajstić information content (AvgIpc) is 2.67. The number of nitrogens with zero attached hydrogens (tertiary/aromatic N) is 2. The second-order valence-corrected chi connectivity index (χ2v) is 6.23. The zero-order chi connectivity index (χ0) is 19.2. The van der Waals surface area contributed by atoms with Gasteiger partial charge in [-0.15, -0.1) is 0 Å². The first-order valence-electron chi connectivity index (χ1n) is 8.26. The number of anilines is 3. The van der Waals surface area contributed by atoms with Gasteiger partial charge in [0.2, 0.25) is 0 Å². The lowest BCUT2D eigenvalue weighted by molar-refractivity contribution is 0.0962. The van der Waals surface area contributed by atoms with Gasteiger partial charge in [-0.2, -0.15) is 0 Å². The first-order chi connectivity index (χ1) is 13.1. The quantitative estimate of drug-likeness (QED) is 0.487. The van der Waals surface area contributed by atoms with E-state index in [-0.39, 0.29) is 11.6 Å². The molecule has 5 N–H and O–H groups in total. The number of nitrogens with one attached hydrogen (secondary N) is 3. The van der Waals surface area contributed by atoms with Gasteiger partial charge in [-0.25, -0.2) is 9.97 Å². The van der Waals surface area contributed by atoms with Gasteiger partial charge in [0.15, 0.2) is 11.6 Å². The van der Waals surface area contributed by atoms with Gasteiger partial charge in [0, 0.05) is 17.1 Å². The fraction of sp³-hybridized carbons (Fsp3) is 0.105. The van der Waals surface area contributed by atoms with Crippen LogP contribution in [0.5, 0.6) is 0 Å². The number of carbonyl (C=O) groups is 1. The van der Waals surface area contributed by atoms with E-state index in [1.165, 1.54) is 6.33 Å². The van der Waals surface area contributed by atoms with E-state index in [0.29, 0.717) is 28.8 Å². The molecule has 0 spiro atoms. The summed E-state index contributed by atoms with van der Waals surface area (Å²) < 4.78 is 0. The van der Waals surface area contributed by atoms with E-state index < -0.39 is 0 Å². The van der Waals surface area contributed by atoms with Crippen LogP contribution in [-0.4, -0.2) is 15.9 Å². The lowest BCUT2D eigenvalue weighted by atomic mass is 10.1. The van der Waals surface area contributed by atoms with Gasteiger partial charge < -0.3 is 11.1 Å². The molecule has 0 bridgehead atoms. The SMILES string of the molecule is Cc1ccccc1C(=O)NNc1ncnc(NCc2ccccc2Cl)c1N. The molecule has 0 unspecified atom stereocenters. The first-order valence-corrected chi connectivity index (χ1v) is 8.64. The molecular weight excluding hydrogens is 364 g/mol. The predicted molar refractivity (Wildman–Crippen MR) is 107 cm³/mol. The Hall–Kier alpha value is -3.32. The molecule has 1 heterocycles. The van der Waals surface area contributed by atoms with Gasteiger partial charge in [-0.1, -0.05) is 48.0 Å². The van der Waals surface area contributed by atoms with E-state index in [1.807, 2.05) is 43.3 Å². The summed E-state index contributed by atoms with van der Waals surface area (Å²) in [5.41, 5.74) is 14.1. The lowest BCUT2D eigenvalue weighted by Gasteiger charge is -2.14. The molecule has 0 saturated heterocycles. The van der Waals surface area contributed by atoms with Crippen molar-refractivity contribution in [3.05, 3.63) is 76.6 Å². The van der Waals surface area contributed by atoms with Crippen LogP contribution in [0.4, 0.5) is 17.3 Å². The molecule has 0 aliphatic rings. The molecule has 0 fully saturated rings. The second-order valence-electron chi connectivity index (χ2n) is 5.82. The van der Waals surface area contributed by atoms with Crippen molar-refractivity contribution in [1.29, 1.82) is 0 Å². The molecule has 0 radical (unpaired) electrons. The van der Waals surface area contributed by atoms with Gasteiger partial charge in [0.25, 0.3) is 5.91 Å². The van der Waals surface area contributed by atoms with E-state index in [9.17, 15) is 4.79 Å². The fourth-order valence-electron chi connectivity index (χ4n) is 2.47. The molecule has 2 aromatic carbocycles. The molecule has 27 heavy (non-hydrogen) atoms. The Bertz CT molecular complexity index is 962. The smallest absolute Gasteiger partial charge is 0.269 e. The van der Waals surface area contributed by atoms with Crippen molar-refractivity contribution in [2.24, 2.45) is 0 Å². The van der Waals surface area contributed by atoms with Crippen LogP contribution in [0.15, 0.2) is 54.9 Å². The molecular formula is C19H19ClN6O. The minimum Gasteiger partial charge on any atom is -0.393 e. The molecule has 8 heteroatoms. The van der Waals surface area contributed by atoms with Gasteiger partial charge in [0.1, 0.15) is 12.0 Å². The highest BCUT2D eigenvalue weighted by molar-refractivity contribution is 6.31. The molecule has 0 aliphatic heterocycles. The van der Waals surface area contributed by atoms with Crippen LogP contribution < -0.4 is 21.9 Å². The molecule has 138 valence electrons. The van der Waals surface area contributed by atoms with Crippen molar-refractivity contribution >= 4 is 34.8 Å². The number of hydrogen-bond donors (Lipinski definition) is 4. The van der Waals surface area contributed by atoms with Gasteiger partial charge in [-0.3, -0.25) is 15.6 Å². The maximum atomic E-state index is 12.3. The predicted octanol–water partition coefficient (Wildman–Crippen LogP) is 3.39. The average molecular weight is 383 g/mol. The highest BCUT2D eigenvalue weighted by Gasteiger charge is 2.11. The van der Waals surface area contributed by atoms with Crippen molar-refractivity contribution in [3.8, 4) is 0 Å². The first kappa shape index (κ1) is 18.5. The van der Waals surface area contributed by atoms with Crippen molar-refractivity contribution in [1.82, 2.24) is 15.4 Å². The zero-order valence-corrected chi connectivity index (χ0v) is 15.4. The maximum Gasteiger partial charge on any atom is 0.269 e. The molecule has 0 saturated carbocycles. The molecule has 7 nitrogen and oxygen atoms in total. The Balaban J connectivity index is 1.67. The Morgan fingerprint density at radius 3 is 2.56 bits per heavy atom. The highest BCUT2D eigenvalue weighted by atomic mass is 35.5. The molecule has 0 atom stereocenters. The third kappa shape index (κ3) is 4.45. The highest BCUT2D eigenvalue weighted by Crippen LogP contribution is 2.23. The number of aryl methyl sites for hydroxylation is 1. The monoisotopic (exact) mass is 382 g/mol. The van der Waals surface area contributed by atoms with Crippen LogP contribution in [0.1, 0.15) is 21.5 Å². The molecule has 3 aromatic rings. The lowest BCUT2D eigenvalue weighted by Crippen LogP contribution is -2.31. The number of hydrazine groups is 1. The van der Waals surface area contributed by atoms with Crippen LogP contribution in [0.2, 0.25) is 5.02 Å². The van der Waals surface area contributed by atoms with Crippen LogP contribution in [0.25, 0.3) is 0 Å². The third-order valence-corrected chi connectivity index (χ3v) is 4.34. The largest absolute Gasteiger partial charge is 0.393 e. The fourth-order valence-corrected chi connectivity index (χ4v) is 2.67. The summed E-state index contributed by atoms with van der Waals surface area (Å²) in [5.74, 6) is 0.461. The van der Waals surface area contributed by atoms with Crippen LogP contribution in [-0.2, 0) is 6.54 Å². The summed E-state index contributed by atoms with van der Waals surface area (Å²) in [6.07, 6.45) is 1.35. The van der Waals surface area contributed by atoms with Crippen molar-refractivity contribution in [3.63, 3.8) is 0 Å². The van der Waals surface area contributed by atoms with E-state index in [1.54, 1.807) is 12.1 Å². The summed E-state index contributed by atoms with van der Waals surface area (Å²) in [4.78, 5) is 20.5.